The van der Waals surface area contributed by atoms with Crippen molar-refractivity contribution in [1.82, 2.24) is 15.0 Å². The first-order chi connectivity index (χ1) is 9.20. The quantitative estimate of drug-likeness (QED) is 0.864. The average Bonchev–Trinajstić information content (AvgIpc) is 3.00. The van der Waals surface area contributed by atoms with Crippen molar-refractivity contribution in [1.29, 1.82) is 0 Å². The molecule has 1 aliphatic rings. The smallest absolute Gasteiger partial charge is 0.229 e. The van der Waals surface area contributed by atoms with E-state index >= 15 is 0 Å². The highest BCUT2D eigenvalue weighted by molar-refractivity contribution is 7.11. The van der Waals surface area contributed by atoms with Gasteiger partial charge in [0.25, 0.3) is 0 Å². The van der Waals surface area contributed by atoms with Crippen molar-refractivity contribution in [2.75, 3.05) is 13.1 Å². The molecule has 0 radical (unpaired) electrons. The van der Waals surface area contributed by atoms with Crippen molar-refractivity contribution in [2.45, 2.75) is 39.2 Å². The highest BCUT2D eigenvalue weighted by atomic mass is 32.1. The van der Waals surface area contributed by atoms with Crippen LogP contribution in [0.4, 0.5) is 0 Å². The van der Waals surface area contributed by atoms with Gasteiger partial charge in [-0.05, 0) is 51.9 Å². The van der Waals surface area contributed by atoms with Crippen LogP contribution in [-0.4, -0.2) is 28.1 Å². The van der Waals surface area contributed by atoms with E-state index in [4.69, 9.17) is 4.52 Å². The van der Waals surface area contributed by atoms with Crippen LogP contribution in [0.3, 0.4) is 0 Å². The number of hydrogen-bond donors (Lipinski definition) is 0. The van der Waals surface area contributed by atoms with Gasteiger partial charge < -0.3 is 4.52 Å². The first-order valence-corrected chi connectivity index (χ1v) is 7.60. The molecule has 0 N–H and O–H groups in total. The van der Waals surface area contributed by atoms with Crippen LogP contribution in [-0.2, 0) is 6.54 Å². The summed E-state index contributed by atoms with van der Waals surface area (Å²) in [7, 11) is 0. The zero-order valence-electron chi connectivity index (χ0n) is 11.4. The highest BCUT2D eigenvalue weighted by Gasteiger charge is 2.24. The molecule has 0 atom stereocenters. The molecule has 0 spiro atoms. The van der Waals surface area contributed by atoms with Crippen LogP contribution < -0.4 is 0 Å². The van der Waals surface area contributed by atoms with Crippen LogP contribution in [0.25, 0.3) is 0 Å². The van der Waals surface area contributed by atoms with E-state index in [0.29, 0.717) is 5.92 Å². The van der Waals surface area contributed by atoms with Gasteiger partial charge in [0.15, 0.2) is 5.82 Å². The molecule has 0 unspecified atom stereocenters. The van der Waals surface area contributed by atoms with Crippen LogP contribution >= 0.6 is 11.3 Å². The van der Waals surface area contributed by atoms with E-state index in [0.717, 1.165) is 44.2 Å². The largest absolute Gasteiger partial charge is 0.339 e. The summed E-state index contributed by atoms with van der Waals surface area (Å²) in [4.78, 5) is 9.73. The summed E-state index contributed by atoms with van der Waals surface area (Å²) < 4.78 is 5.28. The molecule has 102 valence electrons. The molecule has 19 heavy (non-hydrogen) atoms. The van der Waals surface area contributed by atoms with E-state index in [1.807, 2.05) is 18.3 Å². The van der Waals surface area contributed by atoms with Crippen LogP contribution in [0, 0.1) is 13.8 Å². The van der Waals surface area contributed by atoms with Crippen molar-refractivity contribution < 1.29 is 4.52 Å². The summed E-state index contributed by atoms with van der Waals surface area (Å²) in [5, 5.41) is 3.88. The second kappa shape index (κ2) is 5.43. The van der Waals surface area contributed by atoms with E-state index < -0.39 is 0 Å². The Morgan fingerprint density at radius 2 is 2.11 bits per heavy atom. The van der Waals surface area contributed by atoms with Crippen molar-refractivity contribution >= 4 is 11.3 Å². The van der Waals surface area contributed by atoms with Gasteiger partial charge in [0, 0.05) is 22.2 Å². The minimum atomic E-state index is 0.447. The fourth-order valence-electron chi connectivity index (χ4n) is 2.61. The molecule has 1 fully saturated rings. The van der Waals surface area contributed by atoms with Gasteiger partial charge in [-0.25, -0.2) is 0 Å². The van der Waals surface area contributed by atoms with Gasteiger partial charge in [-0.3, -0.25) is 4.90 Å². The van der Waals surface area contributed by atoms with Gasteiger partial charge in [0.2, 0.25) is 5.89 Å². The fourth-order valence-corrected chi connectivity index (χ4v) is 3.54. The van der Waals surface area contributed by atoms with Gasteiger partial charge >= 0.3 is 0 Å². The highest BCUT2D eigenvalue weighted by Crippen LogP contribution is 2.28. The molecule has 0 aliphatic carbocycles. The van der Waals surface area contributed by atoms with Gasteiger partial charge in [-0.15, -0.1) is 11.3 Å². The molecule has 0 saturated carbocycles. The van der Waals surface area contributed by atoms with Crippen molar-refractivity contribution in [3.8, 4) is 0 Å². The lowest BCUT2D eigenvalue weighted by Gasteiger charge is -2.29. The van der Waals surface area contributed by atoms with Crippen LogP contribution in [0.1, 0.15) is 40.2 Å². The Morgan fingerprint density at radius 1 is 1.32 bits per heavy atom. The Kier molecular flexibility index (Phi) is 3.66. The number of piperidine rings is 1. The summed E-state index contributed by atoms with van der Waals surface area (Å²) in [5.41, 5.74) is 0. The summed E-state index contributed by atoms with van der Waals surface area (Å²) in [5.74, 6) is 2.01. The van der Waals surface area contributed by atoms with Gasteiger partial charge in [-0.2, -0.15) is 4.98 Å². The Bertz CT molecular complexity index is 540. The summed E-state index contributed by atoms with van der Waals surface area (Å²) >= 11 is 1.90. The summed E-state index contributed by atoms with van der Waals surface area (Å²) in [6.45, 7) is 7.35. The number of aryl methyl sites for hydroxylation is 2. The monoisotopic (exact) mass is 277 g/mol. The molecule has 1 aliphatic heterocycles. The minimum absolute atomic E-state index is 0.447. The van der Waals surface area contributed by atoms with Crippen molar-refractivity contribution in [2.24, 2.45) is 0 Å². The lowest BCUT2D eigenvalue weighted by molar-refractivity contribution is 0.189. The Balaban J connectivity index is 1.54. The van der Waals surface area contributed by atoms with E-state index in [2.05, 4.69) is 34.1 Å². The molecule has 3 heterocycles. The van der Waals surface area contributed by atoms with E-state index in [1.165, 1.54) is 9.75 Å². The van der Waals surface area contributed by atoms with Gasteiger partial charge in [0.1, 0.15) is 0 Å². The maximum Gasteiger partial charge on any atom is 0.229 e. The topological polar surface area (TPSA) is 42.2 Å². The first kappa shape index (κ1) is 12.8. The molecule has 1 saturated heterocycles. The van der Waals surface area contributed by atoms with Crippen molar-refractivity contribution in [3.05, 3.63) is 33.6 Å². The lowest BCUT2D eigenvalue weighted by Crippen LogP contribution is -2.32. The maximum absolute atomic E-state index is 5.28. The Labute approximate surface area is 117 Å². The summed E-state index contributed by atoms with van der Waals surface area (Å²) in [6.07, 6.45) is 2.23. The molecule has 0 bridgehead atoms. The lowest BCUT2D eigenvalue weighted by atomic mass is 9.97. The Hall–Kier alpha value is -1.20. The molecule has 2 aromatic heterocycles. The number of nitrogens with zero attached hydrogens (tertiary/aromatic N) is 3. The van der Waals surface area contributed by atoms with Crippen molar-refractivity contribution in [3.63, 3.8) is 0 Å². The number of rotatable bonds is 3. The molecule has 3 rings (SSSR count). The predicted molar refractivity (Wildman–Crippen MR) is 75.3 cm³/mol. The SMILES string of the molecule is Cc1noc(C2CCN(Cc3ccc(C)s3)CC2)n1. The molecule has 0 aromatic carbocycles. The zero-order valence-corrected chi connectivity index (χ0v) is 12.2. The molecule has 4 nitrogen and oxygen atoms in total. The Morgan fingerprint density at radius 3 is 2.68 bits per heavy atom. The first-order valence-electron chi connectivity index (χ1n) is 6.78. The molecular formula is C14H19N3OS. The number of thiophene rings is 1. The standard InChI is InChI=1S/C14H19N3OS/c1-10-3-4-13(19-10)9-17-7-5-12(6-8-17)14-15-11(2)16-18-14/h3-4,12H,5-9H2,1-2H3. The third-order valence-corrected chi connectivity index (χ3v) is 4.64. The predicted octanol–water partition coefficient (Wildman–Crippen LogP) is 3.13. The van der Waals surface area contributed by atoms with E-state index in [1.54, 1.807) is 0 Å². The minimum Gasteiger partial charge on any atom is -0.339 e. The maximum atomic E-state index is 5.28. The number of likely N-dealkylation sites (tertiary alicyclic amines) is 1. The second-order valence-corrected chi connectivity index (χ2v) is 6.62. The molecule has 2 aromatic rings. The van der Waals surface area contributed by atoms with Crippen LogP contribution in [0.5, 0.6) is 0 Å². The second-order valence-electron chi connectivity index (χ2n) is 5.24. The zero-order chi connectivity index (χ0) is 13.2. The average molecular weight is 277 g/mol. The molecular weight excluding hydrogens is 258 g/mol. The molecule has 0 amide bonds. The van der Waals surface area contributed by atoms with Crippen LogP contribution in [0.15, 0.2) is 16.7 Å². The van der Waals surface area contributed by atoms with Gasteiger partial charge in [0.05, 0.1) is 0 Å². The number of aromatic nitrogens is 2. The van der Waals surface area contributed by atoms with Crippen LogP contribution in [0.2, 0.25) is 0 Å². The van der Waals surface area contributed by atoms with E-state index in [9.17, 15) is 0 Å². The third-order valence-electron chi connectivity index (χ3n) is 3.66. The summed E-state index contributed by atoms with van der Waals surface area (Å²) in [6, 6.07) is 4.45. The van der Waals surface area contributed by atoms with Gasteiger partial charge in [-0.1, -0.05) is 5.16 Å². The normalized spacial score (nSPS) is 18.0. The van der Waals surface area contributed by atoms with E-state index in [-0.39, 0.29) is 0 Å². The number of hydrogen-bond acceptors (Lipinski definition) is 5. The third kappa shape index (κ3) is 3.04. The fraction of sp³-hybridized carbons (Fsp3) is 0.571. The molecule has 5 heteroatoms.